The zero-order chi connectivity index (χ0) is 10.8. The Bertz CT molecular complexity index is 221. The van der Waals surface area contributed by atoms with Gasteiger partial charge in [0.2, 0.25) is 0 Å². The average Bonchev–Trinajstić information content (AvgIpc) is 3.11. The lowest BCUT2D eigenvalue weighted by molar-refractivity contribution is -0.128. The van der Waals surface area contributed by atoms with Crippen molar-refractivity contribution in [2.24, 2.45) is 23.7 Å². The van der Waals surface area contributed by atoms with Crippen LogP contribution in [0.4, 0.5) is 0 Å². The fraction of sp³-hybridized carbons (Fsp3) is 0.929. The third kappa shape index (κ3) is 2.62. The lowest BCUT2D eigenvalue weighted by atomic mass is 9.76. The van der Waals surface area contributed by atoms with E-state index >= 15 is 0 Å². The van der Waals surface area contributed by atoms with Crippen molar-refractivity contribution in [3.8, 4) is 0 Å². The Morgan fingerprint density at radius 2 is 1.73 bits per heavy atom. The Morgan fingerprint density at radius 3 is 2.20 bits per heavy atom. The van der Waals surface area contributed by atoms with Gasteiger partial charge in [0.15, 0.2) is 0 Å². The molecule has 15 heavy (non-hydrogen) atoms. The Hall–Kier alpha value is -0.330. The summed E-state index contributed by atoms with van der Waals surface area (Å²) in [7, 11) is 0. The molecule has 2 saturated carbocycles. The summed E-state index contributed by atoms with van der Waals surface area (Å²) < 4.78 is 0. The molecule has 1 heteroatoms. The number of hydrogen-bond acceptors (Lipinski definition) is 1. The lowest BCUT2D eigenvalue weighted by Crippen LogP contribution is -2.27. The van der Waals surface area contributed by atoms with Gasteiger partial charge in [0.05, 0.1) is 0 Å². The smallest absolute Gasteiger partial charge is 0.139 e. The van der Waals surface area contributed by atoms with E-state index in [0.29, 0.717) is 17.6 Å². The van der Waals surface area contributed by atoms with Crippen LogP contribution in [0.3, 0.4) is 0 Å². The summed E-state index contributed by atoms with van der Waals surface area (Å²) in [6.45, 7) is 4.44. The van der Waals surface area contributed by atoms with Crippen LogP contribution in [0, 0.1) is 23.7 Å². The third-order valence-corrected chi connectivity index (χ3v) is 4.60. The molecule has 0 aliphatic heterocycles. The molecule has 0 N–H and O–H groups in total. The van der Waals surface area contributed by atoms with Gasteiger partial charge in [-0.05, 0) is 50.4 Å². The maximum Gasteiger partial charge on any atom is 0.139 e. The second kappa shape index (κ2) is 4.67. The number of Topliss-reactive ketones (excluding diaryl/α,β-unsaturated/α-hetero) is 1. The highest BCUT2D eigenvalue weighted by atomic mass is 16.1. The Morgan fingerprint density at radius 1 is 1.13 bits per heavy atom. The van der Waals surface area contributed by atoms with E-state index in [9.17, 15) is 4.79 Å². The first kappa shape index (κ1) is 11.2. The number of ketones is 1. The predicted octanol–water partition coefficient (Wildman–Crippen LogP) is 3.82. The molecule has 0 saturated heterocycles. The van der Waals surface area contributed by atoms with Gasteiger partial charge in [-0.3, -0.25) is 4.79 Å². The Kier molecular flexibility index (Phi) is 3.48. The Labute approximate surface area is 93.6 Å². The van der Waals surface area contributed by atoms with Crippen LogP contribution in [-0.2, 0) is 4.79 Å². The molecule has 0 heterocycles. The summed E-state index contributed by atoms with van der Waals surface area (Å²) in [6.07, 6.45) is 8.85. The summed E-state index contributed by atoms with van der Waals surface area (Å²) >= 11 is 0. The van der Waals surface area contributed by atoms with Crippen LogP contribution in [-0.4, -0.2) is 5.78 Å². The molecule has 2 aliphatic rings. The predicted molar refractivity (Wildman–Crippen MR) is 62.6 cm³/mol. The van der Waals surface area contributed by atoms with Crippen LogP contribution in [0.2, 0.25) is 0 Å². The maximum absolute atomic E-state index is 12.2. The minimum Gasteiger partial charge on any atom is -0.299 e. The van der Waals surface area contributed by atoms with Gasteiger partial charge in [0, 0.05) is 11.8 Å². The first-order valence-corrected chi connectivity index (χ1v) is 6.76. The van der Waals surface area contributed by atoms with Crippen molar-refractivity contribution >= 4 is 5.78 Å². The van der Waals surface area contributed by atoms with E-state index in [4.69, 9.17) is 0 Å². The molecule has 0 spiro atoms. The van der Waals surface area contributed by atoms with Crippen molar-refractivity contribution in [1.82, 2.24) is 0 Å². The molecule has 0 radical (unpaired) electrons. The van der Waals surface area contributed by atoms with E-state index in [0.717, 1.165) is 11.8 Å². The average molecular weight is 208 g/mol. The molecule has 2 fully saturated rings. The normalized spacial score (nSPS) is 33.7. The van der Waals surface area contributed by atoms with Crippen LogP contribution in [0.1, 0.15) is 58.8 Å². The zero-order valence-electron chi connectivity index (χ0n) is 10.2. The van der Waals surface area contributed by atoms with Gasteiger partial charge in [0.25, 0.3) is 0 Å². The van der Waals surface area contributed by atoms with Gasteiger partial charge >= 0.3 is 0 Å². The fourth-order valence-corrected chi connectivity index (χ4v) is 3.06. The number of carbonyl (C=O) groups excluding carboxylic acids is 1. The fourth-order valence-electron chi connectivity index (χ4n) is 3.06. The highest BCUT2D eigenvalue weighted by Gasteiger charge is 2.36. The summed E-state index contributed by atoms with van der Waals surface area (Å²) in [5.41, 5.74) is 0. The monoisotopic (exact) mass is 208 g/mol. The SMILES string of the molecule is CCC1CCC(C(=O)C(C)C2CC2)CC1. The molecule has 0 aromatic heterocycles. The summed E-state index contributed by atoms with van der Waals surface area (Å²) in [5.74, 6) is 3.04. The molecular formula is C14H24O. The molecule has 0 amide bonds. The van der Waals surface area contributed by atoms with Gasteiger partial charge in [-0.1, -0.05) is 20.3 Å². The molecule has 0 aromatic carbocycles. The second-order valence-electron chi connectivity index (χ2n) is 5.65. The van der Waals surface area contributed by atoms with Crippen LogP contribution < -0.4 is 0 Å². The minimum absolute atomic E-state index is 0.369. The van der Waals surface area contributed by atoms with Gasteiger partial charge in [-0.25, -0.2) is 0 Å². The molecule has 1 nitrogen and oxygen atoms in total. The van der Waals surface area contributed by atoms with Crippen LogP contribution in [0.15, 0.2) is 0 Å². The van der Waals surface area contributed by atoms with Gasteiger partial charge in [-0.15, -0.1) is 0 Å². The van der Waals surface area contributed by atoms with E-state index < -0.39 is 0 Å². The lowest BCUT2D eigenvalue weighted by Gasteiger charge is -2.28. The highest BCUT2D eigenvalue weighted by molar-refractivity contribution is 5.83. The number of carbonyl (C=O) groups is 1. The van der Waals surface area contributed by atoms with Crippen molar-refractivity contribution in [3.05, 3.63) is 0 Å². The highest BCUT2D eigenvalue weighted by Crippen LogP contribution is 2.40. The molecular weight excluding hydrogens is 184 g/mol. The quantitative estimate of drug-likeness (QED) is 0.686. The molecule has 2 aliphatic carbocycles. The van der Waals surface area contributed by atoms with Gasteiger partial charge in [0.1, 0.15) is 5.78 Å². The summed E-state index contributed by atoms with van der Waals surface area (Å²) in [5, 5.41) is 0. The molecule has 86 valence electrons. The van der Waals surface area contributed by atoms with Crippen molar-refractivity contribution in [2.45, 2.75) is 58.8 Å². The van der Waals surface area contributed by atoms with E-state index in [-0.39, 0.29) is 0 Å². The van der Waals surface area contributed by atoms with E-state index in [1.807, 2.05) is 0 Å². The first-order valence-electron chi connectivity index (χ1n) is 6.76. The van der Waals surface area contributed by atoms with Crippen LogP contribution in [0.25, 0.3) is 0 Å². The molecule has 1 unspecified atom stereocenters. The van der Waals surface area contributed by atoms with E-state index in [1.165, 1.54) is 44.9 Å². The standard InChI is InChI=1S/C14H24O/c1-3-11-4-6-13(7-5-11)14(15)10(2)12-8-9-12/h10-13H,3-9H2,1-2H3. The van der Waals surface area contributed by atoms with Crippen molar-refractivity contribution in [1.29, 1.82) is 0 Å². The molecule has 1 atom stereocenters. The largest absolute Gasteiger partial charge is 0.299 e. The van der Waals surface area contributed by atoms with Crippen LogP contribution >= 0.6 is 0 Å². The minimum atomic E-state index is 0.369. The molecule has 0 bridgehead atoms. The molecule has 2 rings (SSSR count). The van der Waals surface area contributed by atoms with Crippen LogP contribution in [0.5, 0.6) is 0 Å². The van der Waals surface area contributed by atoms with Gasteiger partial charge in [-0.2, -0.15) is 0 Å². The summed E-state index contributed by atoms with van der Waals surface area (Å²) in [6, 6.07) is 0. The molecule has 0 aromatic rings. The van der Waals surface area contributed by atoms with Crippen molar-refractivity contribution < 1.29 is 4.79 Å². The van der Waals surface area contributed by atoms with Crippen molar-refractivity contribution in [3.63, 3.8) is 0 Å². The summed E-state index contributed by atoms with van der Waals surface area (Å²) in [4.78, 5) is 12.2. The van der Waals surface area contributed by atoms with Crippen molar-refractivity contribution in [2.75, 3.05) is 0 Å². The topological polar surface area (TPSA) is 17.1 Å². The Balaban J connectivity index is 1.81. The van der Waals surface area contributed by atoms with E-state index in [2.05, 4.69) is 13.8 Å². The van der Waals surface area contributed by atoms with E-state index in [1.54, 1.807) is 0 Å². The zero-order valence-corrected chi connectivity index (χ0v) is 10.2. The number of hydrogen-bond donors (Lipinski definition) is 0. The number of rotatable bonds is 4. The third-order valence-electron chi connectivity index (χ3n) is 4.60. The maximum atomic E-state index is 12.2. The first-order chi connectivity index (χ1) is 7.22. The second-order valence-corrected chi connectivity index (χ2v) is 5.65. The van der Waals surface area contributed by atoms with Gasteiger partial charge < -0.3 is 0 Å².